The molecule has 0 N–H and O–H groups in total. The first-order valence-electron chi connectivity index (χ1n) is 9.01. The van der Waals surface area contributed by atoms with Crippen LogP contribution in [0.2, 0.25) is 0 Å². The molecule has 0 unspecified atom stereocenters. The van der Waals surface area contributed by atoms with Crippen LogP contribution in [0.25, 0.3) is 5.69 Å². The van der Waals surface area contributed by atoms with Crippen molar-refractivity contribution in [2.75, 3.05) is 16.3 Å². The van der Waals surface area contributed by atoms with Crippen LogP contribution in [0.15, 0.2) is 73.1 Å². The number of nitro benzene ring substituents is 2. The number of rotatable bonds is 5. The number of benzene rings is 2. The van der Waals surface area contributed by atoms with Gasteiger partial charge < -0.3 is 12.4 Å². The van der Waals surface area contributed by atoms with E-state index in [4.69, 9.17) is 0 Å². The third kappa shape index (κ3) is 3.96. The molecule has 0 saturated carbocycles. The molecule has 1 aliphatic rings. The molecule has 0 radical (unpaired) electrons. The van der Waals surface area contributed by atoms with Gasteiger partial charge in [-0.25, -0.2) is 9.69 Å². The second-order valence-corrected chi connectivity index (χ2v) is 6.58. The number of imide groups is 1. The van der Waals surface area contributed by atoms with Gasteiger partial charge in [0.05, 0.1) is 15.5 Å². The lowest BCUT2D eigenvalue weighted by atomic mass is 10.2. The molecular formula is C20H14ClN5O6. The number of nitrogens with zero attached hydrogens (tertiary/aromatic N) is 5. The summed E-state index contributed by atoms with van der Waals surface area (Å²) in [6.45, 7) is -0.106. The number of carbonyl (C=O) groups excluding carboxylic acids is 2. The summed E-state index contributed by atoms with van der Waals surface area (Å²) in [5, 5.41) is 22.3. The van der Waals surface area contributed by atoms with Gasteiger partial charge in [0.2, 0.25) is 0 Å². The van der Waals surface area contributed by atoms with Crippen LogP contribution >= 0.6 is 0 Å². The summed E-state index contributed by atoms with van der Waals surface area (Å²) >= 11 is 0. The molecule has 1 aliphatic heterocycles. The van der Waals surface area contributed by atoms with Gasteiger partial charge in [-0.3, -0.25) is 29.9 Å². The third-order valence-corrected chi connectivity index (χ3v) is 4.75. The maximum atomic E-state index is 12.8. The van der Waals surface area contributed by atoms with Gasteiger partial charge in [0.25, 0.3) is 17.3 Å². The van der Waals surface area contributed by atoms with Crippen molar-refractivity contribution < 1.29 is 36.4 Å². The number of aromatic nitrogens is 1. The number of para-hydroxylation sites is 1. The SMILES string of the molecule is O=C1CN(c2ccccc2)C(=O)N1c1cc[n+](-c2ccc([N+](=O)[O-])cc2[N+](=O)[O-])cc1.[Cl-]. The topological polar surface area (TPSA) is 131 Å². The zero-order chi connectivity index (χ0) is 22.1. The highest BCUT2D eigenvalue weighted by Crippen LogP contribution is 2.27. The molecule has 0 aliphatic carbocycles. The van der Waals surface area contributed by atoms with E-state index in [0.29, 0.717) is 11.4 Å². The van der Waals surface area contributed by atoms with Crippen molar-refractivity contribution in [3.8, 4) is 5.69 Å². The number of non-ortho nitro benzene ring substituents is 1. The molecule has 3 amide bonds. The lowest BCUT2D eigenvalue weighted by Gasteiger charge is -2.16. The van der Waals surface area contributed by atoms with Crippen molar-refractivity contribution in [2.45, 2.75) is 0 Å². The molecule has 1 fully saturated rings. The first-order chi connectivity index (χ1) is 14.9. The Balaban J connectivity index is 0.00000289. The number of pyridine rings is 1. The zero-order valence-electron chi connectivity index (χ0n) is 16.2. The average molecular weight is 456 g/mol. The maximum absolute atomic E-state index is 12.8. The van der Waals surface area contributed by atoms with Crippen molar-refractivity contribution in [3.05, 3.63) is 93.3 Å². The lowest BCUT2D eigenvalue weighted by molar-refractivity contribution is -0.600. The van der Waals surface area contributed by atoms with Gasteiger partial charge in [-0.1, -0.05) is 18.2 Å². The van der Waals surface area contributed by atoms with Crippen molar-refractivity contribution in [1.29, 1.82) is 0 Å². The molecule has 12 heteroatoms. The highest BCUT2D eigenvalue weighted by molar-refractivity contribution is 6.26. The second kappa shape index (κ2) is 8.78. The van der Waals surface area contributed by atoms with Crippen LogP contribution in [0.5, 0.6) is 0 Å². The predicted octanol–water partition coefficient (Wildman–Crippen LogP) is -0.243. The van der Waals surface area contributed by atoms with Crippen molar-refractivity contribution in [3.63, 3.8) is 0 Å². The molecule has 162 valence electrons. The normalized spacial score (nSPS) is 13.1. The minimum Gasteiger partial charge on any atom is -1.00 e. The Hall–Kier alpha value is -4.38. The summed E-state index contributed by atoms with van der Waals surface area (Å²) < 4.78 is 1.38. The lowest BCUT2D eigenvalue weighted by Crippen LogP contribution is -3.00. The van der Waals surface area contributed by atoms with Gasteiger partial charge >= 0.3 is 11.7 Å². The molecule has 11 nitrogen and oxygen atoms in total. The largest absolute Gasteiger partial charge is 1.00 e. The highest BCUT2D eigenvalue weighted by Gasteiger charge is 2.38. The average Bonchev–Trinajstić information content (AvgIpc) is 3.08. The fraction of sp³-hybridized carbons (Fsp3) is 0.0500. The van der Waals surface area contributed by atoms with E-state index < -0.39 is 33.2 Å². The van der Waals surface area contributed by atoms with E-state index >= 15 is 0 Å². The summed E-state index contributed by atoms with van der Waals surface area (Å²) in [7, 11) is 0. The van der Waals surface area contributed by atoms with E-state index in [1.807, 2.05) is 0 Å². The summed E-state index contributed by atoms with van der Waals surface area (Å²) in [4.78, 5) is 48.5. The molecule has 3 aromatic rings. The number of hydrogen-bond acceptors (Lipinski definition) is 6. The Labute approximate surface area is 186 Å². The van der Waals surface area contributed by atoms with Gasteiger partial charge in [0.15, 0.2) is 12.4 Å². The monoisotopic (exact) mass is 455 g/mol. The summed E-state index contributed by atoms with van der Waals surface area (Å²) in [6.07, 6.45) is 2.88. The van der Waals surface area contributed by atoms with Crippen molar-refractivity contribution in [1.82, 2.24) is 0 Å². The van der Waals surface area contributed by atoms with E-state index in [0.717, 1.165) is 17.0 Å². The summed E-state index contributed by atoms with van der Waals surface area (Å²) in [5.41, 5.74) is 0.148. The van der Waals surface area contributed by atoms with E-state index in [1.165, 1.54) is 40.1 Å². The van der Waals surface area contributed by atoms with Crippen LogP contribution in [0, 0.1) is 20.2 Å². The van der Waals surface area contributed by atoms with Crippen molar-refractivity contribution >= 4 is 34.7 Å². The van der Waals surface area contributed by atoms with E-state index in [-0.39, 0.29) is 24.6 Å². The fourth-order valence-corrected chi connectivity index (χ4v) is 3.28. The first-order valence-corrected chi connectivity index (χ1v) is 9.01. The molecule has 4 rings (SSSR count). The number of urea groups is 1. The quantitative estimate of drug-likeness (QED) is 0.226. The number of halogens is 1. The Bertz CT molecular complexity index is 1220. The molecular weight excluding hydrogens is 442 g/mol. The number of anilines is 2. The van der Waals surface area contributed by atoms with Gasteiger partial charge in [-0.15, -0.1) is 0 Å². The molecule has 32 heavy (non-hydrogen) atoms. The van der Waals surface area contributed by atoms with Gasteiger partial charge in [-0.05, 0) is 12.1 Å². The molecule has 2 heterocycles. The molecule has 0 atom stereocenters. The molecule has 0 spiro atoms. The van der Waals surface area contributed by atoms with Crippen LogP contribution in [0.1, 0.15) is 0 Å². The fourth-order valence-electron chi connectivity index (χ4n) is 3.28. The standard InChI is InChI=1S/C20H14N5O6.ClH/c26-19-13-22(14-4-2-1-3-5-14)20(27)23(19)15-8-10-21(11-9-15)17-7-6-16(24(28)29)12-18(17)25(30)31;/h1-12H,13H2;1H/q+1;/p-1. The maximum Gasteiger partial charge on any atom is 0.347 e. The van der Waals surface area contributed by atoms with Gasteiger partial charge in [-0.2, -0.15) is 4.57 Å². The Morgan fingerprint density at radius 3 is 2.09 bits per heavy atom. The molecule has 2 aromatic carbocycles. The van der Waals surface area contributed by atoms with Crippen LogP contribution in [-0.2, 0) is 4.79 Å². The minimum atomic E-state index is -0.715. The van der Waals surface area contributed by atoms with Crippen LogP contribution < -0.4 is 26.8 Å². The van der Waals surface area contributed by atoms with Crippen molar-refractivity contribution in [2.24, 2.45) is 0 Å². The minimum absolute atomic E-state index is 0. The Morgan fingerprint density at radius 1 is 0.844 bits per heavy atom. The smallest absolute Gasteiger partial charge is 0.347 e. The first kappa shape index (κ1) is 22.3. The molecule has 0 bridgehead atoms. The Morgan fingerprint density at radius 2 is 1.50 bits per heavy atom. The highest BCUT2D eigenvalue weighted by atomic mass is 35.5. The van der Waals surface area contributed by atoms with Crippen LogP contribution in [0.3, 0.4) is 0 Å². The molecule has 1 saturated heterocycles. The van der Waals surface area contributed by atoms with Gasteiger partial charge in [0.1, 0.15) is 12.6 Å². The van der Waals surface area contributed by atoms with Crippen LogP contribution in [0.4, 0.5) is 27.5 Å². The number of carbonyl (C=O) groups is 2. The number of amides is 3. The number of hydrogen-bond donors (Lipinski definition) is 0. The van der Waals surface area contributed by atoms with Crippen LogP contribution in [-0.4, -0.2) is 28.3 Å². The molecule has 1 aromatic heterocycles. The number of nitro groups is 2. The van der Waals surface area contributed by atoms with E-state index in [9.17, 15) is 29.8 Å². The zero-order valence-corrected chi connectivity index (χ0v) is 17.0. The summed E-state index contributed by atoms with van der Waals surface area (Å²) in [5.74, 6) is -0.409. The van der Waals surface area contributed by atoms with E-state index in [1.54, 1.807) is 30.3 Å². The Kier molecular flexibility index (Phi) is 6.12. The summed E-state index contributed by atoms with van der Waals surface area (Å²) in [6, 6.07) is 14.5. The predicted molar refractivity (Wildman–Crippen MR) is 108 cm³/mol. The van der Waals surface area contributed by atoms with Gasteiger partial charge in [0, 0.05) is 30.0 Å². The van der Waals surface area contributed by atoms with E-state index in [2.05, 4.69) is 0 Å². The second-order valence-electron chi connectivity index (χ2n) is 6.58. The third-order valence-electron chi connectivity index (χ3n) is 4.75.